The fourth-order valence-electron chi connectivity index (χ4n) is 3.34. The summed E-state index contributed by atoms with van der Waals surface area (Å²) in [7, 11) is 0. The van der Waals surface area contributed by atoms with E-state index in [-0.39, 0.29) is 6.04 Å². The van der Waals surface area contributed by atoms with Crippen molar-refractivity contribution < 1.29 is 0 Å². The SMILES string of the molecule is [C-]#[N+]c1ccc(CN(CCNCc2ccccn2)CCNC(C)c2ccccn2)cc1. The second-order valence-corrected chi connectivity index (χ2v) is 7.48. The van der Waals surface area contributed by atoms with Gasteiger partial charge in [0.05, 0.1) is 18.0 Å². The number of benzene rings is 1. The summed E-state index contributed by atoms with van der Waals surface area (Å²) >= 11 is 0. The molecule has 2 heterocycles. The number of nitrogens with zero attached hydrogens (tertiary/aromatic N) is 4. The largest absolute Gasteiger partial charge is 0.310 e. The van der Waals surface area contributed by atoms with E-state index in [0.717, 1.165) is 50.7 Å². The van der Waals surface area contributed by atoms with Crippen LogP contribution in [0.1, 0.15) is 29.9 Å². The van der Waals surface area contributed by atoms with Crippen molar-refractivity contribution in [2.75, 3.05) is 26.2 Å². The van der Waals surface area contributed by atoms with Crippen LogP contribution in [0.4, 0.5) is 5.69 Å². The van der Waals surface area contributed by atoms with Crippen molar-refractivity contribution in [1.29, 1.82) is 0 Å². The van der Waals surface area contributed by atoms with Gasteiger partial charge in [-0.15, -0.1) is 0 Å². The van der Waals surface area contributed by atoms with Gasteiger partial charge < -0.3 is 10.6 Å². The molecular weight excluding hydrogens is 384 g/mol. The first-order valence-electron chi connectivity index (χ1n) is 10.7. The number of rotatable bonds is 12. The molecule has 0 aliphatic rings. The molecule has 6 heteroatoms. The molecule has 2 aromatic heterocycles. The lowest BCUT2D eigenvalue weighted by atomic mass is 10.2. The summed E-state index contributed by atoms with van der Waals surface area (Å²) in [6, 6.07) is 20.1. The minimum atomic E-state index is 0.211. The molecule has 0 saturated heterocycles. The first-order chi connectivity index (χ1) is 15.2. The van der Waals surface area contributed by atoms with E-state index in [4.69, 9.17) is 6.57 Å². The van der Waals surface area contributed by atoms with Gasteiger partial charge in [-0.1, -0.05) is 36.4 Å². The molecule has 0 spiro atoms. The molecule has 1 aromatic carbocycles. The lowest BCUT2D eigenvalue weighted by molar-refractivity contribution is 0.260. The molecule has 31 heavy (non-hydrogen) atoms. The summed E-state index contributed by atoms with van der Waals surface area (Å²) in [5, 5.41) is 7.06. The van der Waals surface area contributed by atoms with Crippen LogP contribution in [0.2, 0.25) is 0 Å². The summed E-state index contributed by atoms with van der Waals surface area (Å²) in [4.78, 5) is 14.7. The molecule has 0 fully saturated rings. The summed E-state index contributed by atoms with van der Waals surface area (Å²) in [6.07, 6.45) is 3.66. The van der Waals surface area contributed by atoms with Crippen LogP contribution < -0.4 is 10.6 Å². The van der Waals surface area contributed by atoms with Crippen LogP contribution in [0.25, 0.3) is 4.85 Å². The second-order valence-electron chi connectivity index (χ2n) is 7.48. The van der Waals surface area contributed by atoms with E-state index in [1.165, 1.54) is 5.56 Å². The smallest absolute Gasteiger partial charge is 0.187 e. The predicted molar refractivity (Wildman–Crippen MR) is 125 cm³/mol. The van der Waals surface area contributed by atoms with Crippen LogP contribution in [-0.4, -0.2) is 41.0 Å². The summed E-state index contributed by atoms with van der Waals surface area (Å²) in [5.41, 5.74) is 4.00. The predicted octanol–water partition coefficient (Wildman–Crippen LogP) is 3.97. The van der Waals surface area contributed by atoms with Crippen molar-refractivity contribution in [3.63, 3.8) is 0 Å². The van der Waals surface area contributed by atoms with Gasteiger partial charge in [-0.3, -0.25) is 14.9 Å². The van der Waals surface area contributed by atoms with E-state index in [9.17, 15) is 0 Å². The zero-order valence-electron chi connectivity index (χ0n) is 18.0. The Bertz CT molecular complexity index is 922. The normalized spacial score (nSPS) is 11.9. The van der Waals surface area contributed by atoms with Gasteiger partial charge in [0.25, 0.3) is 0 Å². The standard InChI is InChI=1S/C25H30N6/c1-21(25-8-4-6-14-30-25)28-16-18-31(20-22-9-11-23(26-2)12-10-22)17-15-27-19-24-7-3-5-13-29-24/h3-14,21,27-28H,15-20H2,1H3. The molecule has 0 radical (unpaired) electrons. The van der Waals surface area contributed by atoms with Crippen molar-refractivity contribution in [1.82, 2.24) is 25.5 Å². The molecule has 160 valence electrons. The molecule has 0 bridgehead atoms. The van der Waals surface area contributed by atoms with Crippen LogP contribution in [0.3, 0.4) is 0 Å². The van der Waals surface area contributed by atoms with Crippen LogP contribution in [0, 0.1) is 6.57 Å². The highest BCUT2D eigenvalue weighted by atomic mass is 15.2. The van der Waals surface area contributed by atoms with Crippen molar-refractivity contribution >= 4 is 5.69 Å². The monoisotopic (exact) mass is 414 g/mol. The summed E-state index contributed by atoms with van der Waals surface area (Å²) in [6.45, 7) is 14.5. The Morgan fingerprint density at radius 3 is 2.35 bits per heavy atom. The van der Waals surface area contributed by atoms with Gasteiger partial charge >= 0.3 is 0 Å². The van der Waals surface area contributed by atoms with Gasteiger partial charge in [-0.05, 0) is 36.8 Å². The minimum Gasteiger partial charge on any atom is -0.310 e. The topological polar surface area (TPSA) is 57.4 Å². The average molecular weight is 415 g/mol. The van der Waals surface area contributed by atoms with Gasteiger partial charge in [-0.2, -0.15) is 0 Å². The van der Waals surface area contributed by atoms with Crippen LogP contribution in [0.15, 0.2) is 73.1 Å². The van der Waals surface area contributed by atoms with E-state index >= 15 is 0 Å². The Morgan fingerprint density at radius 1 is 0.935 bits per heavy atom. The van der Waals surface area contributed by atoms with Crippen LogP contribution in [-0.2, 0) is 13.1 Å². The van der Waals surface area contributed by atoms with Gasteiger partial charge in [0.15, 0.2) is 5.69 Å². The molecule has 1 atom stereocenters. The Kier molecular flexibility index (Phi) is 9.14. The Morgan fingerprint density at radius 2 is 1.68 bits per heavy atom. The minimum absolute atomic E-state index is 0.211. The first-order valence-corrected chi connectivity index (χ1v) is 10.7. The van der Waals surface area contributed by atoms with Gasteiger partial charge in [-0.25, -0.2) is 4.85 Å². The molecule has 0 saturated carbocycles. The number of hydrogen-bond donors (Lipinski definition) is 2. The first kappa shape index (κ1) is 22.6. The van der Waals surface area contributed by atoms with Crippen molar-refractivity contribution in [3.8, 4) is 0 Å². The van der Waals surface area contributed by atoms with Crippen molar-refractivity contribution in [3.05, 3.63) is 101 Å². The summed E-state index contributed by atoms with van der Waals surface area (Å²) in [5.74, 6) is 0. The Labute approximate surface area is 185 Å². The third kappa shape index (κ3) is 7.91. The maximum atomic E-state index is 7.13. The molecule has 0 aliphatic heterocycles. The summed E-state index contributed by atoms with van der Waals surface area (Å²) < 4.78 is 0. The Balaban J connectivity index is 1.50. The van der Waals surface area contributed by atoms with E-state index < -0.39 is 0 Å². The Hall–Kier alpha value is -3.11. The zero-order chi connectivity index (χ0) is 21.7. The van der Waals surface area contributed by atoms with E-state index in [1.54, 1.807) is 0 Å². The van der Waals surface area contributed by atoms with Crippen LogP contribution in [0.5, 0.6) is 0 Å². The van der Waals surface area contributed by atoms with Crippen molar-refractivity contribution in [2.45, 2.75) is 26.1 Å². The van der Waals surface area contributed by atoms with E-state index in [1.807, 2.05) is 67.0 Å². The van der Waals surface area contributed by atoms with Crippen molar-refractivity contribution in [2.24, 2.45) is 0 Å². The third-order valence-corrected chi connectivity index (χ3v) is 5.12. The average Bonchev–Trinajstić information content (AvgIpc) is 2.83. The second kappa shape index (κ2) is 12.6. The zero-order valence-corrected chi connectivity index (χ0v) is 18.0. The molecule has 3 rings (SSSR count). The molecule has 0 aliphatic carbocycles. The van der Waals surface area contributed by atoms with Gasteiger partial charge in [0.2, 0.25) is 0 Å². The molecular formula is C25H30N6. The fraction of sp³-hybridized carbons (Fsp3) is 0.320. The quantitative estimate of drug-likeness (QED) is 0.347. The fourth-order valence-corrected chi connectivity index (χ4v) is 3.34. The molecule has 0 amide bonds. The molecule has 2 N–H and O–H groups in total. The highest BCUT2D eigenvalue weighted by Crippen LogP contribution is 2.14. The lowest BCUT2D eigenvalue weighted by Crippen LogP contribution is -2.37. The number of pyridine rings is 2. The van der Waals surface area contributed by atoms with Gasteiger partial charge in [0, 0.05) is 57.7 Å². The highest BCUT2D eigenvalue weighted by molar-refractivity contribution is 5.45. The van der Waals surface area contributed by atoms with E-state index in [2.05, 4.69) is 43.3 Å². The maximum Gasteiger partial charge on any atom is 0.187 e. The number of hydrogen-bond acceptors (Lipinski definition) is 5. The highest BCUT2D eigenvalue weighted by Gasteiger charge is 2.09. The van der Waals surface area contributed by atoms with E-state index in [0.29, 0.717) is 5.69 Å². The number of aromatic nitrogens is 2. The molecule has 6 nitrogen and oxygen atoms in total. The molecule has 3 aromatic rings. The van der Waals surface area contributed by atoms with Gasteiger partial charge in [0.1, 0.15) is 0 Å². The number of nitrogens with one attached hydrogen (secondary N) is 2. The third-order valence-electron chi connectivity index (χ3n) is 5.12. The lowest BCUT2D eigenvalue weighted by Gasteiger charge is -2.24. The maximum absolute atomic E-state index is 7.13. The van der Waals surface area contributed by atoms with Crippen LogP contribution >= 0.6 is 0 Å². The molecule has 1 unspecified atom stereocenters.